The van der Waals surface area contributed by atoms with Crippen molar-refractivity contribution in [1.82, 2.24) is 0 Å². The van der Waals surface area contributed by atoms with Gasteiger partial charge >= 0.3 is 17.9 Å². The highest BCUT2D eigenvalue weighted by Crippen LogP contribution is 2.11. The highest BCUT2D eigenvalue weighted by molar-refractivity contribution is 5.82. The summed E-state index contributed by atoms with van der Waals surface area (Å²) in [4.78, 5) is 33.3. The predicted molar refractivity (Wildman–Crippen MR) is 73.0 cm³/mol. The van der Waals surface area contributed by atoms with E-state index in [0.717, 1.165) is 18.2 Å². The van der Waals surface area contributed by atoms with Crippen molar-refractivity contribution >= 4 is 17.9 Å². The summed E-state index contributed by atoms with van der Waals surface area (Å²) in [6.45, 7) is 8.68. The van der Waals surface area contributed by atoms with Crippen molar-refractivity contribution in [3.63, 3.8) is 0 Å². The summed E-state index contributed by atoms with van der Waals surface area (Å²) in [6.07, 6.45) is 1.82. The fourth-order valence-corrected chi connectivity index (χ4v) is 1.21. The van der Waals surface area contributed by atoms with Gasteiger partial charge in [0.15, 0.2) is 0 Å². The molecular formula is C14H18O7. The molecule has 2 atom stereocenters. The number of aliphatic hydroxyl groups excluding tert-OH is 1. The first-order chi connectivity index (χ1) is 9.98. The summed E-state index contributed by atoms with van der Waals surface area (Å²) in [7, 11) is 0. The van der Waals surface area contributed by atoms with E-state index < -0.39 is 36.5 Å². The number of carbonyl (C=O) groups excluding carboxylic acids is 3. The largest absolute Gasteiger partial charge is 0.462 e. The summed E-state index contributed by atoms with van der Waals surface area (Å²) >= 11 is 0. The van der Waals surface area contributed by atoms with E-state index in [1.54, 1.807) is 0 Å². The molecule has 0 rings (SSSR count). The molecular weight excluding hydrogens is 280 g/mol. The molecule has 0 amide bonds. The average molecular weight is 298 g/mol. The second-order valence-corrected chi connectivity index (χ2v) is 3.79. The number of hydrogen-bond donors (Lipinski definition) is 1. The minimum absolute atomic E-state index is 0.234. The molecule has 0 bridgehead atoms. The van der Waals surface area contributed by atoms with Gasteiger partial charge in [0.1, 0.15) is 19.3 Å². The third kappa shape index (κ3) is 7.68. The predicted octanol–water partition coefficient (Wildman–Crippen LogP) is 0.151. The number of esters is 3. The SMILES string of the molecule is C=CC(=O)OCC(CO)C(COC(=O)C=C)OC(=O)C=C. The third-order valence-electron chi connectivity index (χ3n) is 2.36. The normalized spacial score (nSPS) is 12.4. The number of aliphatic hydroxyl groups is 1. The maximum atomic E-state index is 11.2. The molecule has 0 heterocycles. The van der Waals surface area contributed by atoms with E-state index in [-0.39, 0.29) is 13.2 Å². The maximum absolute atomic E-state index is 11.2. The molecule has 0 aliphatic heterocycles. The first kappa shape index (κ1) is 18.6. The fraction of sp³-hybridized carbons (Fsp3) is 0.357. The summed E-state index contributed by atoms with van der Waals surface area (Å²) < 4.78 is 14.5. The zero-order valence-corrected chi connectivity index (χ0v) is 11.5. The molecule has 0 fully saturated rings. The van der Waals surface area contributed by atoms with Gasteiger partial charge in [-0.05, 0) is 0 Å². The van der Waals surface area contributed by atoms with Crippen LogP contribution in [0.3, 0.4) is 0 Å². The molecule has 0 radical (unpaired) electrons. The van der Waals surface area contributed by atoms with Gasteiger partial charge in [0.05, 0.1) is 12.5 Å². The monoisotopic (exact) mass is 298 g/mol. The van der Waals surface area contributed by atoms with E-state index in [4.69, 9.17) is 14.2 Å². The molecule has 21 heavy (non-hydrogen) atoms. The van der Waals surface area contributed by atoms with Crippen LogP contribution in [0.5, 0.6) is 0 Å². The van der Waals surface area contributed by atoms with Crippen LogP contribution in [0.15, 0.2) is 38.0 Å². The van der Waals surface area contributed by atoms with E-state index in [1.807, 2.05) is 0 Å². The average Bonchev–Trinajstić information content (AvgIpc) is 2.51. The number of ether oxygens (including phenoxy) is 3. The molecule has 0 spiro atoms. The van der Waals surface area contributed by atoms with Crippen molar-refractivity contribution in [2.24, 2.45) is 5.92 Å². The second-order valence-electron chi connectivity index (χ2n) is 3.79. The van der Waals surface area contributed by atoms with Gasteiger partial charge in [0.25, 0.3) is 0 Å². The first-order valence-corrected chi connectivity index (χ1v) is 6.00. The Hall–Kier alpha value is -2.41. The Morgan fingerprint density at radius 3 is 1.81 bits per heavy atom. The van der Waals surface area contributed by atoms with E-state index in [1.165, 1.54) is 0 Å². The summed E-state index contributed by atoms with van der Waals surface area (Å²) in [5.74, 6) is -2.93. The molecule has 1 N–H and O–H groups in total. The smallest absolute Gasteiger partial charge is 0.330 e. The van der Waals surface area contributed by atoms with Crippen LogP contribution in [0, 0.1) is 5.92 Å². The van der Waals surface area contributed by atoms with Crippen LogP contribution in [0.1, 0.15) is 0 Å². The second kappa shape index (κ2) is 10.4. The van der Waals surface area contributed by atoms with Crippen molar-refractivity contribution in [2.45, 2.75) is 6.10 Å². The molecule has 2 unspecified atom stereocenters. The molecule has 0 saturated carbocycles. The van der Waals surface area contributed by atoms with Crippen molar-refractivity contribution < 1.29 is 33.7 Å². The Morgan fingerprint density at radius 2 is 1.38 bits per heavy atom. The Labute approximate surface area is 122 Å². The van der Waals surface area contributed by atoms with Crippen LogP contribution in [-0.4, -0.2) is 48.9 Å². The van der Waals surface area contributed by atoms with E-state index in [2.05, 4.69) is 19.7 Å². The van der Waals surface area contributed by atoms with Crippen LogP contribution in [0.2, 0.25) is 0 Å². The molecule has 7 heteroatoms. The molecule has 0 aliphatic carbocycles. The minimum Gasteiger partial charge on any atom is -0.462 e. The minimum atomic E-state index is -0.998. The van der Waals surface area contributed by atoms with Gasteiger partial charge in [-0.25, -0.2) is 14.4 Å². The highest BCUT2D eigenvalue weighted by atomic mass is 16.6. The standard InChI is InChI=1S/C14H18O7/c1-4-12(16)19-8-10(7-15)11(21-14(18)6-3)9-20-13(17)5-2/h4-6,10-11,15H,1-3,7-9H2. The van der Waals surface area contributed by atoms with Crippen molar-refractivity contribution in [1.29, 1.82) is 0 Å². The molecule has 0 aromatic rings. The van der Waals surface area contributed by atoms with Gasteiger partial charge < -0.3 is 19.3 Å². The van der Waals surface area contributed by atoms with Gasteiger partial charge in [-0.3, -0.25) is 0 Å². The molecule has 7 nitrogen and oxygen atoms in total. The molecule has 0 aliphatic rings. The third-order valence-corrected chi connectivity index (χ3v) is 2.36. The van der Waals surface area contributed by atoms with E-state index in [0.29, 0.717) is 0 Å². The lowest BCUT2D eigenvalue weighted by Gasteiger charge is -2.24. The Balaban J connectivity index is 4.76. The lowest BCUT2D eigenvalue weighted by molar-refractivity contribution is -0.160. The summed E-state index contributed by atoms with van der Waals surface area (Å²) in [5.41, 5.74) is 0. The fourth-order valence-electron chi connectivity index (χ4n) is 1.21. The zero-order valence-electron chi connectivity index (χ0n) is 11.5. The molecule has 0 saturated heterocycles. The van der Waals surface area contributed by atoms with Crippen LogP contribution in [-0.2, 0) is 28.6 Å². The molecule has 0 aromatic carbocycles. The molecule has 0 aromatic heterocycles. The van der Waals surface area contributed by atoms with Crippen molar-refractivity contribution in [3.8, 4) is 0 Å². The van der Waals surface area contributed by atoms with E-state index in [9.17, 15) is 19.5 Å². The zero-order chi connectivity index (χ0) is 16.3. The Bertz CT molecular complexity index is 414. The van der Waals surface area contributed by atoms with Crippen LogP contribution in [0.4, 0.5) is 0 Å². The van der Waals surface area contributed by atoms with Crippen LogP contribution >= 0.6 is 0 Å². The van der Waals surface area contributed by atoms with Gasteiger partial charge in [0, 0.05) is 18.2 Å². The number of hydrogen-bond acceptors (Lipinski definition) is 7. The summed E-state index contributed by atoms with van der Waals surface area (Å²) in [6, 6.07) is 0. The van der Waals surface area contributed by atoms with Crippen molar-refractivity contribution in [2.75, 3.05) is 19.8 Å². The lowest BCUT2D eigenvalue weighted by atomic mass is 10.1. The Morgan fingerprint density at radius 1 is 0.905 bits per heavy atom. The maximum Gasteiger partial charge on any atom is 0.330 e. The van der Waals surface area contributed by atoms with Gasteiger partial charge in [0.2, 0.25) is 0 Å². The van der Waals surface area contributed by atoms with Crippen LogP contribution < -0.4 is 0 Å². The number of carbonyl (C=O) groups is 3. The van der Waals surface area contributed by atoms with E-state index >= 15 is 0 Å². The van der Waals surface area contributed by atoms with Gasteiger partial charge in [-0.2, -0.15) is 0 Å². The first-order valence-electron chi connectivity index (χ1n) is 6.00. The number of rotatable bonds is 10. The van der Waals surface area contributed by atoms with Gasteiger partial charge in [-0.15, -0.1) is 0 Å². The lowest BCUT2D eigenvalue weighted by Crippen LogP contribution is -2.37. The molecule has 116 valence electrons. The van der Waals surface area contributed by atoms with Crippen LogP contribution in [0.25, 0.3) is 0 Å². The summed E-state index contributed by atoms with van der Waals surface area (Å²) in [5, 5.41) is 9.30. The Kier molecular flexibility index (Phi) is 9.19. The van der Waals surface area contributed by atoms with Gasteiger partial charge in [-0.1, -0.05) is 19.7 Å². The quantitative estimate of drug-likeness (QED) is 0.348. The van der Waals surface area contributed by atoms with Crippen molar-refractivity contribution in [3.05, 3.63) is 38.0 Å². The topological polar surface area (TPSA) is 99.1 Å². The highest BCUT2D eigenvalue weighted by Gasteiger charge is 2.27.